The zero-order chi connectivity index (χ0) is 18.6. The first-order chi connectivity index (χ1) is 13.1. The summed E-state index contributed by atoms with van der Waals surface area (Å²) in [7, 11) is 0. The Hall–Kier alpha value is -2.22. The Morgan fingerprint density at radius 2 is 2.04 bits per heavy atom. The lowest BCUT2D eigenvalue weighted by molar-refractivity contribution is 0.137. The third-order valence-corrected chi connectivity index (χ3v) is 6.68. The van der Waals surface area contributed by atoms with Crippen LogP contribution in [0.2, 0.25) is 0 Å². The van der Waals surface area contributed by atoms with E-state index < -0.39 is 6.43 Å². The van der Waals surface area contributed by atoms with Gasteiger partial charge in [0.25, 0.3) is 12.3 Å². The second-order valence-corrected chi connectivity index (χ2v) is 8.29. The molecule has 1 aliphatic heterocycles. The number of aromatic nitrogens is 4. The number of alkyl halides is 2. The topological polar surface area (TPSA) is 56.7 Å². The molecule has 2 aliphatic rings. The normalized spacial score (nSPS) is 18.7. The maximum absolute atomic E-state index is 13.4. The fraction of sp³-hybridized carbons (Fsp3) is 0.421. The smallest absolute Gasteiger partial charge is 0.280 e. The molecule has 27 heavy (non-hydrogen) atoms. The van der Waals surface area contributed by atoms with Crippen molar-refractivity contribution in [2.24, 2.45) is 0 Å². The Morgan fingerprint density at radius 1 is 1.26 bits per heavy atom. The van der Waals surface area contributed by atoms with Crippen molar-refractivity contribution in [2.75, 3.05) is 11.5 Å². The first-order valence-corrected chi connectivity index (χ1v) is 10.1. The number of thioether (sulfide) groups is 1. The highest BCUT2D eigenvalue weighted by atomic mass is 32.2. The molecule has 0 atom stereocenters. The Balaban J connectivity index is 1.51. The number of halogens is 2. The molecular weight excluding hydrogens is 370 g/mol. The molecule has 2 aromatic heterocycles. The van der Waals surface area contributed by atoms with Crippen molar-refractivity contribution < 1.29 is 13.3 Å². The Kier molecular flexibility index (Phi) is 3.86. The molecule has 0 bridgehead atoms. The summed E-state index contributed by atoms with van der Waals surface area (Å²) in [6.07, 6.45) is -0.680. The van der Waals surface area contributed by atoms with Gasteiger partial charge in [-0.25, -0.2) is 8.78 Å². The van der Waals surface area contributed by atoms with E-state index in [9.17, 15) is 8.78 Å². The van der Waals surface area contributed by atoms with Crippen LogP contribution in [0.4, 0.5) is 8.78 Å². The second kappa shape index (κ2) is 6.15. The Labute approximate surface area is 159 Å². The van der Waals surface area contributed by atoms with Crippen LogP contribution in [0.1, 0.15) is 48.0 Å². The van der Waals surface area contributed by atoms with Gasteiger partial charge >= 0.3 is 0 Å². The quantitative estimate of drug-likeness (QED) is 0.642. The van der Waals surface area contributed by atoms with Crippen LogP contribution in [-0.4, -0.2) is 31.4 Å². The molecule has 2 fully saturated rings. The van der Waals surface area contributed by atoms with E-state index in [0.29, 0.717) is 11.5 Å². The van der Waals surface area contributed by atoms with Gasteiger partial charge in [0.1, 0.15) is 5.69 Å². The van der Waals surface area contributed by atoms with Crippen LogP contribution in [0, 0.1) is 6.92 Å². The Bertz CT molecular complexity index is 991. The van der Waals surface area contributed by atoms with E-state index in [1.165, 1.54) is 21.9 Å². The zero-order valence-electron chi connectivity index (χ0n) is 14.7. The first-order valence-electron chi connectivity index (χ1n) is 8.94. The van der Waals surface area contributed by atoms with Gasteiger partial charge in [0.2, 0.25) is 0 Å². The third kappa shape index (κ3) is 2.69. The van der Waals surface area contributed by atoms with Gasteiger partial charge in [-0.3, -0.25) is 4.68 Å². The molecule has 1 aliphatic carbocycles. The predicted molar refractivity (Wildman–Crippen MR) is 98.0 cm³/mol. The molecule has 1 saturated carbocycles. The maximum atomic E-state index is 13.4. The van der Waals surface area contributed by atoms with Crippen molar-refractivity contribution in [1.82, 2.24) is 19.9 Å². The summed E-state index contributed by atoms with van der Waals surface area (Å²) in [4.78, 5) is 4.55. The molecule has 3 aromatic rings. The largest absolute Gasteiger partial charge is 0.332 e. The summed E-state index contributed by atoms with van der Waals surface area (Å²) in [5, 5.41) is 8.54. The zero-order valence-corrected chi connectivity index (χ0v) is 15.5. The average Bonchev–Trinajstić information content (AvgIpc) is 3.05. The molecule has 1 saturated heterocycles. The summed E-state index contributed by atoms with van der Waals surface area (Å²) < 4.78 is 33.7. The lowest BCUT2D eigenvalue weighted by Gasteiger charge is -2.26. The fourth-order valence-electron chi connectivity index (χ4n) is 3.70. The third-order valence-electron chi connectivity index (χ3n) is 5.44. The van der Waals surface area contributed by atoms with E-state index in [2.05, 4.69) is 34.3 Å². The van der Waals surface area contributed by atoms with Crippen molar-refractivity contribution in [3.05, 3.63) is 53.0 Å². The molecule has 1 aromatic carbocycles. The minimum Gasteiger partial charge on any atom is -0.332 e. The van der Waals surface area contributed by atoms with Gasteiger partial charge in [-0.1, -0.05) is 29.4 Å². The van der Waals surface area contributed by atoms with Crippen LogP contribution in [0.3, 0.4) is 0 Å². The number of aryl methyl sites for hydroxylation is 1. The average molecular weight is 388 g/mol. The van der Waals surface area contributed by atoms with Crippen molar-refractivity contribution in [2.45, 2.75) is 37.6 Å². The molecule has 0 amide bonds. The van der Waals surface area contributed by atoms with Gasteiger partial charge in [0.05, 0.1) is 11.5 Å². The Morgan fingerprint density at radius 3 is 2.67 bits per heavy atom. The van der Waals surface area contributed by atoms with Crippen molar-refractivity contribution >= 4 is 11.8 Å². The number of hydrogen-bond acceptors (Lipinski definition) is 5. The number of benzene rings is 1. The number of hydrogen-bond donors (Lipinski definition) is 0. The van der Waals surface area contributed by atoms with Crippen molar-refractivity contribution in [3.63, 3.8) is 0 Å². The highest BCUT2D eigenvalue weighted by Crippen LogP contribution is 2.53. The van der Waals surface area contributed by atoms with E-state index in [0.717, 1.165) is 24.3 Å². The van der Waals surface area contributed by atoms with Gasteiger partial charge in [-0.05, 0) is 37.0 Å². The monoisotopic (exact) mass is 388 g/mol. The maximum Gasteiger partial charge on any atom is 0.280 e. The first kappa shape index (κ1) is 16.9. The molecule has 5 nitrogen and oxygen atoms in total. The SMILES string of the molecule is Cc1ccccc1C1(c2noc(-c3cc(C(F)F)n(C4CSC4)n3)n2)CC1. The van der Waals surface area contributed by atoms with Crippen LogP contribution >= 0.6 is 11.8 Å². The molecule has 0 unspecified atom stereocenters. The minimum absolute atomic E-state index is 0.0110. The second-order valence-electron chi connectivity index (χ2n) is 7.21. The summed E-state index contributed by atoms with van der Waals surface area (Å²) in [5.74, 6) is 2.41. The van der Waals surface area contributed by atoms with Gasteiger partial charge in [0, 0.05) is 11.5 Å². The number of nitrogens with zero attached hydrogens (tertiary/aromatic N) is 4. The summed E-state index contributed by atoms with van der Waals surface area (Å²) >= 11 is 1.72. The minimum atomic E-state index is -2.58. The highest BCUT2D eigenvalue weighted by molar-refractivity contribution is 8.00. The van der Waals surface area contributed by atoms with Crippen LogP contribution in [0.25, 0.3) is 11.6 Å². The fourth-order valence-corrected chi connectivity index (χ4v) is 4.43. The molecular formula is C19H18F2N4OS. The summed E-state index contributed by atoms with van der Waals surface area (Å²) in [6, 6.07) is 9.57. The van der Waals surface area contributed by atoms with E-state index in [4.69, 9.17) is 4.52 Å². The van der Waals surface area contributed by atoms with Gasteiger partial charge in [-0.2, -0.15) is 21.8 Å². The van der Waals surface area contributed by atoms with E-state index >= 15 is 0 Å². The lowest BCUT2D eigenvalue weighted by Crippen LogP contribution is -2.25. The molecule has 0 spiro atoms. The summed E-state index contributed by atoms with van der Waals surface area (Å²) in [5.41, 5.74) is 2.39. The summed E-state index contributed by atoms with van der Waals surface area (Å²) in [6.45, 7) is 2.07. The van der Waals surface area contributed by atoms with Crippen LogP contribution in [0.5, 0.6) is 0 Å². The van der Waals surface area contributed by atoms with Crippen LogP contribution < -0.4 is 0 Å². The molecule has 3 heterocycles. The molecule has 140 valence electrons. The van der Waals surface area contributed by atoms with E-state index in [1.807, 2.05) is 12.1 Å². The van der Waals surface area contributed by atoms with Crippen LogP contribution in [0.15, 0.2) is 34.9 Å². The highest BCUT2D eigenvalue weighted by Gasteiger charge is 2.50. The lowest BCUT2D eigenvalue weighted by atomic mass is 9.91. The van der Waals surface area contributed by atoms with Gasteiger partial charge < -0.3 is 4.52 Å². The van der Waals surface area contributed by atoms with E-state index in [-0.39, 0.29) is 23.0 Å². The van der Waals surface area contributed by atoms with Crippen molar-refractivity contribution in [3.8, 4) is 11.6 Å². The molecule has 5 rings (SSSR count). The molecule has 0 N–H and O–H groups in total. The van der Waals surface area contributed by atoms with Crippen molar-refractivity contribution in [1.29, 1.82) is 0 Å². The van der Waals surface area contributed by atoms with Gasteiger partial charge in [-0.15, -0.1) is 0 Å². The molecule has 0 radical (unpaired) electrons. The van der Waals surface area contributed by atoms with E-state index in [1.54, 1.807) is 11.8 Å². The predicted octanol–water partition coefficient (Wildman–Crippen LogP) is 4.55. The van der Waals surface area contributed by atoms with Gasteiger partial charge in [0.15, 0.2) is 11.5 Å². The standard InChI is InChI=1S/C19H18F2N4OS/c1-11-4-2-3-5-13(11)19(6-7-19)18-22-17(26-24-18)14-8-15(16(20)21)25(23-14)12-9-27-10-12/h2-5,8,12,16H,6-7,9-10H2,1H3. The molecule has 8 heteroatoms. The van der Waals surface area contributed by atoms with Crippen LogP contribution in [-0.2, 0) is 5.41 Å². The number of rotatable bonds is 5.